The number of hydrogen-bond acceptors (Lipinski definition) is 4. The largest absolute Gasteiger partial charge is 0.459 e. The zero-order chi connectivity index (χ0) is 11.4. The van der Waals surface area contributed by atoms with E-state index in [2.05, 4.69) is 5.32 Å². The van der Waals surface area contributed by atoms with E-state index in [-0.39, 0.29) is 5.97 Å². The summed E-state index contributed by atoms with van der Waals surface area (Å²) in [6.07, 6.45) is 2.75. The number of carbonyl (C=O) groups is 1. The number of hydrogen-bond donors (Lipinski definition) is 1. The van der Waals surface area contributed by atoms with Gasteiger partial charge in [0, 0.05) is 4.88 Å². The fourth-order valence-corrected chi connectivity index (χ4v) is 2.71. The average Bonchev–Trinajstić information content (AvgIpc) is 2.97. The topological polar surface area (TPSA) is 38.3 Å². The molecule has 16 heavy (non-hydrogen) atoms. The third-order valence-electron chi connectivity index (χ3n) is 3.16. The van der Waals surface area contributed by atoms with Gasteiger partial charge in [0.1, 0.15) is 12.1 Å². The van der Waals surface area contributed by atoms with Crippen molar-refractivity contribution in [2.75, 3.05) is 6.54 Å². The van der Waals surface area contributed by atoms with Gasteiger partial charge in [-0.2, -0.15) is 0 Å². The van der Waals surface area contributed by atoms with Crippen LogP contribution in [0.3, 0.4) is 0 Å². The van der Waals surface area contributed by atoms with Crippen LogP contribution >= 0.6 is 11.3 Å². The predicted octanol–water partition coefficient (Wildman–Crippen LogP) is 2.32. The van der Waals surface area contributed by atoms with Gasteiger partial charge in [0.2, 0.25) is 0 Å². The van der Waals surface area contributed by atoms with Crippen molar-refractivity contribution >= 4 is 17.3 Å². The number of carbonyl (C=O) groups excluding carboxylic acids is 1. The third-order valence-corrected chi connectivity index (χ3v) is 4.01. The van der Waals surface area contributed by atoms with Crippen LogP contribution in [0, 0.1) is 0 Å². The van der Waals surface area contributed by atoms with Crippen LogP contribution in [0.15, 0.2) is 17.5 Å². The molecule has 0 saturated carbocycles. The van der Waals surface area contributed by atoms with E-state index < -0.39 is 5.54 Å². The average molecular weight is 239 g/mol. The van der Waals surface area contributed by atoms with Gasteiger partial charge in [-0.15, -0.1) is 11.3 Å². The summed E-state index contributed by atoms with van der Waals surface area (Å²) in [6, 6.07) is 3.95. The fourth-order valence-electron chi connectivity index (χ4n) is 2.10. The van der Waals surface area contributed by atoms with Crippen molar-refractivity contribution in [1.82, 2.24) is 5.32 Å². The van der Waals surface area contributed by atoms with Crippen LogP contribution in [0.1, 0.15) is 31.1 Å². The number of thiophene rings is 1. The van der Waals surface area contributed by atoms with Crippen molar-refractivity contribution in [1.29, 1.82) is 0 Å². The van der Waals surface area contributed by atoms with Crippen LogP contribution in [0.25, 0.3) is 0 Å². The Kier molecular flexibility index (Phi) is 3.61. The van der Waals surface area contributed by atoms with Gasteiger partial charge < -0.3 is 10.1 Å². The Morgan fingerprint density at radius 3 is 3.12 bits per heavy atom. The molecule has 1 aliphatic rings. The molecule has 0 bridgehead atoms. The van der Waals surface area contributed by atoms with Crippen molar-refractivity contribution in [3.05, 3.63) is 22.4 Å². The Hall–Kier alpha value is -0.870. The zero-order valence-electron chi connectivity index (χ0n) is 9.49. The maximum absolute atomic E-state index is 12.0. The minimum Gasteiger partial charge on any atom is -0.459 e. The van der Waals surface area contributed by atoms with E-state index in [0.717, 1.165) is 30.7 Å². The molecule has 88 valence electrons. The quantitative estimate of drug-likeness (QED) is 0.819. The molecule has 0 aromatic carbocycles. The first-order valence-corrected chi connectivity index (χ1v) is 6.59. The molecule has 1 aromatic heterocycles. The van der Waals surface area contributed by atoms with Gasteiger partial charge in [0.25, 0.3) is 0 Å². The Morgan fingerprint density at radius 2 is 2.56 bits per heavy atom. The zero-order valence-corrected chi connectivity index (χ0v) is 10.3. The molecule has 3 nitrogen and oxygen atoms in total. The lowest BCUT2D eigenvalue weighted by molar-refractivity contribution is -0.152. The van der Waals surface area contributed by atoms with Gasteiger partial charge in [-0.25, -0.2) is 0 Å². The minimum absolute atomic E-state index is 0.0964. The van der Waals surface area contributed by atoms with E-state index in [1.165, 1.54) is 0 Å². The second-order valence-electron chi connectivity index (χ2n) is 4.12. The second kappa shape index (κ2) is 4.97. The van der Waals surface area contributed by atoms with E-state index in [9.17, 15) is 4.79 Å². The molecule has 2 rings (SSSR count). The number of ether oxygens (including phenoxy) is 1. The van der Waals surface area contributed by atoms with Crippen LogP contribution in [-0.2, 0) is 16.1 Å². The molecule has 1 aromatic rings. The summed E-state index contributed by atoms with van der Waals surface area (Å²) < 4.78 is 5.37. The Labute approximate surface area is 99.8 Å². The lowest BCUT2D eigenvalue weighted by Crippen LogP contribution is -2.47. The predicted molar refractivity (Wildman–Crippen MR) is 64.4 cm³/mol. The van der Waals surface area contributed by atoms with E-state index in [4.69, 9.17) is 4.74 Å². The molecule has 0 spiro atoms. The van der Waals surface area contributed by atoms with Gasteiger partial charge in [-0.1, -0.05) is 13.0 Å². The normalized spacial score (nSPS) is 24.6. The van der Waals surface area contributed by atoms with E-state index in [0.29, 0.717) is 6.61 Å². The molecule has 1 aliphatic heterocycles. The van der Waals surface area contributed by atoms with Gasteiger partial charge in [0.15, 0.2) is 0 Å². The Morgan fingerprint density at radius 1 is 1.69 bits per heavy atom. The third kappa shape index (κ3) is 2.28. The fraction of sp³-hybridized carbons (Fsp3) is 0.583. The van der Waals surface area contributed by atoms with Crippen LogP contribution in [0.4, 0.5) is 0 Å². The molecule has 0 aliphatic carbocycles. The Balaban J connectivity index is 1.91. The smallest absolute Gasteiger partial charge is 0.326 e. The van der Waals surface area contributed by atoms with Crippen LogP contribution < -0.4 is 5.32 Å². The molecule has 0 radical (unpaired) electrons. The molecule has 1 saturated heterocycles. The van der Waals surface area contributed by atoms with Crippen LogP contribution in [0.5, 0.6) is 0 Å². The first-order valence-electron chi connectivity index (χ1n) is 5.71. The summed E-state index contributed by atoms with van der Waals surface area (Å²) >= 11 is 1.62. The molecule has 0 amide bonds. The molecule has 1 N–H and O–H groups in total. The highest BCUT2D eigenvalue weighted by molar-refractivity contribution is 7.09. The Bertz CT molecular complexity index is 342. The summed E-state index contributed by atoms with van der Waals surface area (Å²) in [4.78, 5) is 13.1. The first-order chi connectivity index (χ1) is 7.77. The summed E-state index contributed by atoms with van der Waals surface area (Å²) in [7, 11) is 0. The van der Waals surface area contributed by atoms with Crippen LogP contribution in [0.2, 0.25) is 0 Å². The van der Waals surface area contributed by atoms with Gasteiger partial charge in [-0.3, -0.25) is 4.79 Å². The highest BCUT2D eigenvalue weighted by Crippen LogP contribution is 2.25. The van der Waals surface area contributed by atoms with Crippen molar-refractivity contribution in [2.45, 2.75) is 38.3 Å². The van der Waals surface area contributed by atoms with Gasteiger partial charge >= 0.3 is 5.97 Å². The van der Waals surface area contributed by atoms with Crippen molar-refractivity contribution in [2.24, 2.45) is 0 Å². The highest BCUT2D eigenvalue weighted by Gasteiger charge is 2.40. The van der Waals surface area contributed by atoms with Crippen LogP contribution in [-0.4, -0.2) is 18.1 Å². The van der Waals surface area contributed by atoms with E-state index >= 15 is 0 Å². The summed E-state index contributed by atoms with van der Waals surface area (Å²) in [5, 5.41) is 5.27. The molecule has 4 heteroatoms. The molecule has 1 atom stereocenters. The van der Waals surface area contributed by atoms with E-state index in [1.807, 2.05) is 24.4 Å². The van der Waals surface area contributed by atoms with Crippen molar-refractivity contribution < 1.29 is 9.53 Å². The number of rotatable bonds is 4. The maximum Gasteiger partial charge on any atom is 0.326 e. The molecule has 1 fully saturated rings. The maximum atomic E-state index is 12.0. The SMILES string of the molecule is CCC1(C(=O)OCc2cccs2)CCCN1. The first kappa shape index (κ1) is 11.6. The minimum atomic E-state index is -0.419. The van der Waals surface area contributed by atoms with Crippen molar-refractivity contribution in [3.8, 4) is 0 Å². The monoisotopic (exact) mass is 239 g/mol. The second-order valence-corrected chi connectivity index (χ2v) is 5.15. The molecular weight excluding hydrogens is 222 g/mol. The lowest BCUT2D eigenvalue weighted by atomic mass is 9.94. The molecule has 2 heterocycles. The van der Waals surface area contributed by atoms with Gasteiger partial charge in [0.05, 0.1) is 0 Å². The van der Waals surface area contributed by atoms with Crippen molar-refractivity contribution in [3.63, 3.8) is 0 Å². The van der Waals surface area contributed by atoms with Gasteiger partial charge in [-0.05, 0) is 37.3 Å². The summed E-state index contributed by atoms with van der Waals surface area (Å²) in [5.74, 6) is -0.0964. The lowest BCUT2D eigenvalue weighted by Gasteiger charge is -2.25. The number of nitrogens with one attached hydrogen (secondary N) is 1. The molecular formula is C12H17NO2S. The summed E-state index contributed by atoms with van der Waals surface area (Å²) in [6.45, 7) is 3.35. The summed E-state index contributed by atoms with van der Waals surface area (Å²) in [5.41, 5.74) is -0.419. The standard InChI is InChI=1S/C12H17NO2S/c1-2-12(6-4-7-13-12)11(14)15-9-10-5-3-8-16-10/h3,5,8,13H,2,4,6-7,9H2,1H3. The molecule has 1 unspecified atom stereocenters. The highest BCUT2D eigenvalue weighted by atomic mass is 32.1. The number of esters is 1. The van der Waals surface area contributed by atoms with E-state index in [1.54, 1.807) is 11.3 Å².